The zero-order chi connectivity index (χ0) is 17.3. The third-order valence-corrected chi connectivity index (χ3v) is 4.98. The highest BCUT2D eigenvalue weighted by Crippen LogP contribution is 2.31. The average Bonchev–Trinajstić information content (AvgIpc) is 2.56. The summed E-state index contributed by atoms with van der Waals surface area (Å²) < 4.78 is 9.86. The number of hydrogen-bond acceptors (Lipinski definition) is 4. The highest BCUT2D eigenvalue weighted by Gasteiger charge is 2.25. The van der Waals surface area contributed by atoms with Crippen LogP contribution in [0.1, 0.15) is 37.4 Å². The largest absolute Gasteiger partial charge is 0.489 e. The van der Waals surface area contributed by atoms with Crippen LogP contribution < -0.4 is 15.9 Å². The van der Waals surface area contributed by atoms with Gasteiger partial charge in [-0.05, 0) is 54.6 Å². The standard InChI is InChI=1S/C17H20BrN3O3/c1-11-3-8-16(22)21(19-11)12-4-6-13(7-5-12)24-15-9-17(23)20(2)10-14(15)18/h3,8-10,12-13H,4-7H2,1-2H3/t12-,13-. The van der Waals surface area contributed by atoms with Gasteiger partial charge in [0.1, 0.15) is 5.75 Å². The normalized spacial score (nSPS) is 20.8. The fourth-order valence-corrected chi connectivity index (χ4v) is 3.56. The van der Waals surface area contributed by atoms with Crippen molar-refractivity contribution in [3.05, 3.63) is 55.3 Å². The van der Waals surface area contributed by atoms with Crippen molar-refractivity contribution in [1.29, 1.82) is 0 Å². The Kier molecular flexibility index (Phi) is 4.89. The van der Waals surface area contributed by atoms with E-state index in [1.807, 2.05) is 6.92 Å². The first-order valence-electron chi connectivity index (χ1n) is 8.03. The summed E-state index contributed by atoms with van der Waals surface area (Å²) >= 11 is 3.43. The first-order chi connectivity index (χ1) is 11.4. The lowest BCUT2D eigenvalue weighted by Crippen LogP contribution is -2.32. The van der Waals surface area contributed by atoms with Gasteiger partial charge in [0.25, 0.3) is 11.1 Å². The number of ether oxygens (including phenoxy) is 1. The number of nitrogens with zero attached hydrogens (tertiary/aromatic N) is 3. The van der Waals surface area contributed by atoms with Crippen LogP contribution in [0.15, 0.2) is 38.5 Å². The fourth-order valence-electron chi connectivity index (χ4n) is 3.04. The van der Waals surface area contributed by atoms with Crippen molar-refractivity contribution >= 4 is 15.9 Å². The molecule has 6 nitrogen and oxygen atoms in total. The molecule has 7 heteroatoms. The third-order valence-electron chi connectivity index (χ3n) is 4.39. The zero-order valence-electron chi connectivity index (χ0n) is 13.7. The second kappa shape index (κ2) is 6.93. The number of halogens is 1. The van der Waals surface area contributed by atoms with Gasteiger partial charge in [-0.3, -0.25) is 9.59 Å². The van der Waals surface area contributed by atoms with Crippen LogP contribution in [-0.4, -0.2) is 20.5 Å². The van der Waals surface area contributed by atoms with E-state index in [4.69, 9.17) is 4.74 Å². The van der Waals surface area contributed by atoms with Crippen molar-refractivity contribution in [3.63, 3.8) is 0 Å². The quantitative estimate of drug-likeness (QED) is 0.803. The van der Waals surface area contributed by atoms with Crippen molar-refractivity contribution < 1.29 is 4.74 Å². The summed E-state index contributed by atoms with van der Waals surface area (Å²) in [6.07, 6.45) is 5.08. The van der Waals surface area contributed by atoms with Gasteiger partial charge < -0.3 is 9.30 Å². The molecule has 0 aliphatic heterocycles. The lowest BCUT2D eigenvalue weighted by atomic mass is 9.93. The SMILES string of the molecule is Cc1ccc(=O)n([C@H]2CC[C@H](Oc3cc(=O)n(C)cc3Br)CC2)n1. The van der Waals surface area contributed by atoms with E-state index in [0.29, 0.717) is 5.75 Å². The molecule has 0 N–H and O–H groups in total. The van der Waals surface area contributed by atoms with E-state index in [1.54, 1.807) is 30.1 Å². The van der Waals surface area contributed by atoms with Gasteiger partial charge in [0.05, 0.1) is 22.3 Å². The number of pyridine rings is 1. The van der Waals surface area contributed by atoms with Crippen molar-refractivity contribution in [2.75, 3.05) is 0 Å². The number of rotatable bonds is 3. The maximum atomic E-state index is 12.0. The van der Waals surface area contributed by atoms with Crippen LogP contribution in [0.25, 0.3) is 0 Å². The lowest BCUT2D eigenvalue weighted by Gasteiger charge is -2.29. The smallest absolute Gasteiger partial charge is 0.267 e. The molecule has 0 unspecified atom stereocenters. The van der Waals surface area contributed by atoms with Gasteiger partial charge in [0.15, 0.2) is 0 Å². The Morgan fingerprint density at radius 1 is 1.17 bits per heavy atom. The topological polar surface area (TPSA) is 66.1 Å². The van der Waals surface area contributed by atoms with E-state index in [0.717, 1.165) is 35.8 Å². The molecule has 3 rings (SSSR count). The molecule has 24 heavy (non-hydrogen) atoms. The van der Waals surface area contributed by atoms with Crippen molar-refractivity contribution in [2.45, 2.75) is 44.8 Å². The van der Waals surface area contributed by atoms with E-state index in [1.165, 1.54) is 10.6 Å². The minimum atomic E-state index is -0.0996. The summed E-state index contributed by atoms with van der Waals surface area (Å²) in [5.41, 5.74) is 0.689. The molecule has 2 aromatic heterocycles. The van der Waals surface area contributed by atoms with E-state index >= 15 is 0 Å². The van der Waals surface area contributed by atoms with Crippen LogP contribution in [-0.2, 0) is 7.05 Å². The van der Waals surface area contributed by atoms with E-state index in [2.05, 4.69) is 21.0 Å². The average molecular weight is 394 g/mol. The van der Waals surface area contributed by atoms with Crippen LogP contribution in [0.3, 0.4) is 0 Å². The summed E-state index contributed by atoms with van der Waals surface area (Å²) in [5, 5.41) is 4.35. The summed E-state index contributed by atoms with van der Waals surface area (Å²) in [6, 6.07) is 4.93. The second-order valence-electron chi connectivity index (χ2n) is 6.24. The highest BCUT2D eigenvalue weighted by molar-refractivity contribution is 9.10. The van der Waals surface area contributed by atoms with Crippen molar-refractivity contribution in [2.24, 2.45) is 7.05 Å². The molecule has 0 atom stereocenters. The molecular weight excluding hydrogens is 374 g/mol. The van der Waals surface area contributed by atoms with Gasteiger partial charge in [-0.1, -0.05) is 0 Å². The zero-order valence-corrected chi connectivity index (χ0v) is 15.3. The molecule has 1 aliphatic rings. The lowest BCUT2D eigenvalue weighted by molar-refractivity contribution is 0.127. The number of aromatic nitrogens is 3. The van der Waals surface area contributed by atoms with Gasteiger partial charge >= 0.3 is 0 Å². The molecule has 1 fully saturated rings. The van der Waals surface area contributed by atoms with Crippen molar-refractivity contribution in [3.8, 4) is 5.75 Å². The molecule has 0 saturated heterocycles. The Bertz CT molecular complexity index is 851. The first kappa shape index (κ1) is 17.0. The van der Waals surface area contributed by atoms with Crippen LogP contribution in [0.4, 0.5) is 0 Å². The highest BCUT2D eigenvalue weighted by atomic mass is 79.9. The Labute approximate surface area is 148 Å². The maximum Gasteiger partial charge on any atom is 0.267 e. The van der Waals surface area contributed by atoms with Gasteiger partial charge in [0, 0.05) is 25.4 Å². The van der Waals surface area contributed by atoms with E-state index in [-0.39, 0.29) is 23.3 Å². The first-order valence-corrected chi connectivity index (χ1v) is 8.82. The molecular formula is C17H20BrN3O3. The van der Waals surface area contributed by atoms with Crippen LogP contribution in [0, 0.1) is 6.92 Å². The molecule has 0 aromatic carbocycles. The predicted molar refractivity (Wildman–Crippen MR) is 94.5 cm³/mol. The molecule has 2 heterocycles. The van der Waals surface area contributed by atoms with Gasteiger partial charge in [-0.25, -0.2) is 4.68 Å². The monoisotopic (exact) mass is 393 g/mol. The van der Waals surface area contributed by atoms with Gasteiger partial charge in [-0.15, -0.1) is 0 Å². The van der Waals surface area contributed by atoms with Crippen LogP contribution in [0.5, 0.6) is 5.75 Å². The van der Waals surface area contributed by atoms with Crippen LogP contribution >= 0.6 is 15.9 Å². The molecule has 1 aliphatic carbocycles. The molecule has 0 bridgehead atoms. The number of aryl methyl sites for hydroxylation is 2. The molecule has 2 aromatic rings. The summed E-state index contributed by atoms with van der Waals surface area (Å²) in [6.45, 7) is 1.89. The Morgan fingerprint density at radius 2 is 1.88 bits per heavy atom. The van der Waals surface area contributed by atoms with Gasteiger partial charge in [-0.2, -0.15) is 5.10 Å². The minimum absolute atomic E-state index is 0.0465. The molecule has 0 amide bonds. The summed E-state index contributed by atoms with van der Waals surface area (Å²) in [7, 11) is 1.70. The van der Waals surface area contributed by atoms with Crippen molar-refractivity contribution in [1.82, 2.24) is 14.3 Å². The Hall–Kier alpha value is -1.89. The third kappa shape index (κ3) is 3.61. The van der Waals surface area contributed by atoms with E-state index in [9.17, 15) is 9.59 Å². The number of hydrogen-bond donors (Lipinski definition) is 0. The summed E-state index contributed by atoms with van der Waals surface area (Å²) in [5.74, 6) is 0.576. The molecule has 1 saturated carbocycles. The minimum Gasteiger partial charge on any atom is -0.489 e. The molecule has 0 spiro atoms. The Balaban J connectivity index is 1.67. The summed E-state index contributed by atoms with van der Waals surface area (Å²) in [4.78, 5) is 23.7. The molecule has 128 valence electrons. The van der Waals surface area contributed by atoms with Crippen LogP contribution in [0.2, 0.25) is 0 Å². The van der Waals surface area contributed by atoms with Gasteiger partial charge in [0.2, 0.25) is 0 Å². The Morgan fingerprint density at radius 3 is 2.58 bits per heavy atom. The fraction of sp³-hybridized carbons (Fsp3) is 0.471. The van der Waals surface area contributed by atoms with E-state index < -0.39 is 0 Å². The molecule has 0 radical (unpaired) electrons. The second-order valence-corrected chi connectivity index (χ2v) is 7.10. The maximum absolute atomic E-state index is 12.0. The predicted octanol–water partition coefficient (Wildman–Crippen LogP) is 2.58.